The van der Waals surface area contributed by atoms with Crippen molar-refractivity contribution in [3.63, 3.8) is 0 Å². The average molecular weight is 528 g/mol. The minimum absolute atomic E-state index is 0.744. The molecule has 5 aromatic carbocycles. The molecule has 0 amide bonds. The Morgan fingerprint density at radius 1 is 0.525 bits per heavy atom. The van der Waals surface area contributed by atoms with E-state index in [2.05, 4.69) is 96.4 Å². The molecule has 0 radical (unpaired) electrons. The van der Waals surface area contributed by atoms with Crippen LogP contribution in [-0.4, -0.2) is 25.4 Å². The largest absolute Gasteiger partial charge is 0.497 e. The zero-order chi connectivity index (χ0) is 27.5. The molecule has 0 saturated heterocycles. The van der Waals surface area contributed by atoms with E-state index in [1.807, 2.05) is 24.3 Å². The Morgan fingerprint density at radius 2 is 0.975 bits per heavy atom. The van der Waals surface area contributed by atoms with Crippen LogP contribution in [0.2, 0.25) is 0 Å². The summed E-state index contributed by atoms with van der Waals surface area (Å²) in [5.41, 5.74) is 8.09. The lowest BCUT2D eigenvalue weighted by atomic mass is 10.00. The molecule has 0 atom stereocenters. The number of nitrogens with zero attached hydrogens (tertiary/aromatic N) is 1. The molecule has 4 heteroatoms. The summed E-state index contributed by atoms with van der Waals surface area (Å²) in [5.74, 6) is 2.61. The lowest BCUT2D eigenvalue weighted by molar-refractivity contribution is 0.309. The summed E-state index contributed by atoms with van der Waals surface area (Å²) in [6, 6.07) is 38.4. The van der Waals surface area contributed by atoms with Gasteiger partial charge in [-0.25, -0.2) is 0 Å². The molecular formula is C36H33NO3. The number of hydrogen-bond donors (Lipinski definition) is 0. The SMILES string of the molecule is CCCCOc1ccc(-n2c3ccc(-c4ccc(OC)cc4)cc3c3cc(-c4ccc(OC)cc4)ccc32)cc1. The van der Waals surface area contributed by atoms with Crippen LogP contribution in [0.3, 0.4) is 0 Å². The van der Waals surface area contributed by atoms with Crippen molar-refractivity contribution in [2.75, 3.05) is 20.8 Å². The second kappa shape index (κ2) is 11.2. The van der Waals surface area contributed by atoms with Crippen LogP contribution in [0.1, 0.15) is 19.8 Å². The molecule has 0 unspecified atom stereocenters. The standard InChI is InChI=1S/C36H33NO3/c1-4-5-22-40-32-18-12-29(13-19-32)37-35-20-10-27(25-6-14-30(38-2)15-7-25)23-33(35)34-24-28(11-21-36(34)37)26-8-16-31(39-3)17-9-26/h6-21,23-24H,4-5,22H2,1-3H3. The zero-order valence-electron chi connectivity index (χ0n) is 23.2. The molecule has 0 aliphatic rings. The van der Waals surface area contributed by atoms with Crippen molar-refractivity contribution >= 4 is 21.8 Å². The van der Waals surface area contributed by atoms with Crippen LogP contribution >= 0.6 is 0 Å². The molecule has 0 bridgehead atoms. The zero-order valence-corrected chi connectivity index (χ0v) is 23.2. The maximum Gasteiger partial charge on any atom is 0.119 e. The minimum Gasteiger partial charge on any atom is -0.497 e. The summed E-state index contributed by atoms with van der Waals surface area (Å²) in [6.07, 6.45) is 2.18. The highest BCUT2D eigenvalue weighted by Gasteiger charge is 2.15. The van der Waals surface area contributed by atoms with Gasteiger partial charge in [0.15, 0.2) is 0 Å². The second-order valence-corrected chi connectivity index (χ2v) is 9.95. The maximum absolute atomic E-state index is 5.93. The van der Waals surface area contributed by atoms with E-state index in [0.29, 0.717) is 0 Å². The first kappa shape index (κ1) is 25.6. The fourth-order valence-electron chi connectivity index (χ4n) is 5.25. The van der Waals surface area contributed by atoms with Crippen molar-refractivity contribution in [3.8, 4) is 45.2 Å². The smallest absolute Gasteiger partial charge is 0.119 e. The van der Waals surface area contributed by atoms with Gasteiger partial charge in [0, 0.05) is 16.5 Å². The highest BCUT2D eigenvalue weighted by Crippen LogP contribution is 2.37. The summed E-state index contributed by atoms with van der Waals surface area (Å²) in [5, 5.41) is 2.42. The highest BCUT2D eigenvalue weighted by molar-refractivity contribution is 6.11. The number of unbranched alkanes of at least 4 members (excludes halogenated alkanes) is 1. The van der Waals surface area contributed by atoms with Crippen LogP contribution in [0.4, 0.5) is 0 Å². The first-order chi connectivity index (χ1) is 19.7. The van der Waals surface area contributed by atoms with Crippen LogP contribution in [0.25, 0.3) is 49.7 Å². The van der Waals surface area contributed by atoms with Crippen molar-refractivity contribution < 1.29 is 14.2 Å². The van der Waals surface area contributed by atoms with Gasteiger partial charge in [0.1, 0.15) is 17.2 Å². The number of benzene rings is 5. The summed E-state index contributed by atoms with van der Waals surface area (Å²) < 4.78 is 19.0. The van der Waals surface area contributed by atoms with Crippen molar-refractivity contribution in [2.24, 2.45) is 0 Å². The van der Waals surface area contributed by atoms with E-state index in [1.54, 1.807) is 14.2 Å². The third kappa shape index (κ3) is 4.89. The van der Waals surface area contributed by atoms with Crippen molar-refractivity contribution in [1.29, 1.82) is 0 Å². The molecule has 1 heterocycles. The monoisotopic (exact) mass is 527 g/mol. The van der Waals surface area contributed by atoms with Gasteiger partial charge in [0.2, 0.25) is 0 Å². The van der Waals surface area contributed by atoms with Crippen LogP contribution in [0.5, 0.6) is 17.2 Å². The second-order valence-electron chi connectivity index (χ2n) is 9.95. The molecule has 6 rings (SSSR count). The first-order valence-electron chi connectivity index (χ1n) is 13.8. The predicted octanol–water partition coefficient (Wildman–Crippen LogP) is 9.31. The Hall–Kier alpha value is -4.70. The van der Waals surface area contributed by atoms with Gasteiger partial charge in [-0.3, -0.25) is 0 Å². The van der Waals surface area contributed by atoms with E-state index in [1.165, 1.54) is 32.9 Å². The Kier molecular flexibility index (Phi) is 7.15. The summed E-state index contributed by atoms with van der Waals surface area (Å²) in [7, 11) is 3.39. The Balaban J connectivity index is 1.50. The van der Waals surface area contributed by atoms with E-state index < -0.39 is 0 Å². The Bertz CT molecular complexity index is 1640. The van der Waals surface area contributed by atoms with E-state index >= 15 is 0 Å². The normalized spacial score (nSPS) is 11.2. The first-order valence-corrected chi connectivity index (χ1v) is 13.8. The number of hydrogen-bond acceptors (Lipinski definition) is 3. The van der Waals surface area contributed by atoms with Gasteiger partial charge in [0.05, 0.1) is 31.9 Å². The number of ether oxygens (including phenoxy) is 3. The summed E-state index contributed by atoms with van der Waals surface area (Å²) in [6.45, 7) is 2.92. The van der Waals surface area contributed by atoms with Crippen LogP contribution in [0, 0.1) is 0 Å². The summed E-state index contributed by atoms with van der Waals surface area (Å²) in [4.78, 5) is 0. The highest BCUT2D eigenvalue weighted by atomic mass is 16.5. The van der Waals surface area contributed by atoms with Crippen molar-refractivity contribution in [3.05, 3.63) is 109 Å². The van der Waals surface area contributed by atoms with Gasteiger partial charge < -0.3 is 18.8 Å². The lowest BCUT2D eigenvalue weighted by Gasteiger charge is -2.11. The molecule has 0 saturated carbocycles. The summed E-state index contributed by atoms with van der Waals surface area (Å²) >= 11 is 0. The topological polar surface area (TPSA) is 32.6 Å². The van der Waals surface area contributed by atoms with Crippen molar-refractivity contribution in [1.82, 2.24) is 4.57 Å². The third-order valence-electron chi connectivity index (χ3n) is 7.47. The number of rotatable bonds is 9. The van der Waals surface area contributed by atoms with E-state index in [4.69, 9.17) is 14.2 Å². The molecule has 6 aromatic rings. The van der Waals surface area contributed by atoms with Gasteiger partial charge in [-0.15, -0.1) is 0 Å². The van der Waals surface area contributed by atoms with Crippen LogP contribution in [-0.2, 0) is 0 Å². The molecular weight excluding hydrogens is 494 g/mol. The number of aromatic nitrogens is 1. The molecule has 40 heavy (non-hydrogen) atoms. The van der Waals surface area contributed by atoms with Gasteiger partial charge >= 0.3 is 0 Å². The number of fused-ring (bicyclic) bond motifs is 3. The molecule has 0 aliphatic heterocycles. The van der Waals surface area contributed by atoms with E-state index in [0.717, 1.165) is 53.5 Å². The molecule has 0 spiro atoms. The van der Waals surface area contributed by atoms with Gasteiger partial charge in [-0.1, -0.05) is 49.7 Å². The van der Waals surface area contributed by atoms with Crippen LogP contribution in [0.15, 0.2) is 109 Å². The molecule has 0 fully saturated rings. The van der Waals surface area contributed by atoms with Gasteiger partial charge in [-0.2, -0.15) is 0 Å². The third-order valence-corrected chi connectivity index (χ3v) is 7.47. The molecule has 0 N–H and O–H groups in total. The van der Waals surface area contributed by atoms with Crippen molar-refractivity contribution in [2.45, 2.75) is 19.8 Å². The fraction of sp³-hybridized carbons (Fsp3) is 0.167. The van der Waals surface area contributed by atoms with Gasteiger partial charge in [0.25, 0.3) is 0 Å². The molecule has 200 valence electrons. The van der Waals surface area contributed by atoms with E-state index in [9.17, 15) is 0 Å². The Morgan fingerprint density at radius 3 is 1.43 bits per heavy atom. The lowest BCUT2D eigenvalue weighted by Crippen LogP contribution is -1.97. The quantitative estimate of drug-likeness (QED) is 0.176. The maximum atomic E-state index is 5.93. The minimum atomic E-state index is 0.744. The number of methoxy groups -OCH3 is 2. The molecule has 4 nitrogen and oxygen atoms in total. The van der Waals surface area contributed by atoms with Gasteiger partial charge in [-0.05, 0) is 101 Å². The fourth-order valence-corrected chi connectivity index (χ4v) is 5.25. The predicted molar refractivity (Wildman–Crippen MR) is 165 cm³/mol. The van der Waals surface area contributed by atoms with E-state index in [-0.39, 0.29) is 0 Å². The molecule has 1 aromatic heterocycles. The average Bonchev–Trinajstić information content (AvgIpc) is 3.34. The Labute approximate surface area is 235 Å². The van der Waals surface area contributed by atoms with Crippen LogP contribution < -0.4 is 14.2 Å². The molecule has 0 aliphatic carbocycles.